The molecule has 1 aromatic carbocycles. The minimum Gasteiger partial charge on any atom is -0.478 e. The molecule has 0 fully saturated rings. The van der Waals surface area contributed by atoms with Gasteiger partial charge < -0.3 is 10.1 Å². The molecule has 6 heteroatoms. The minimum atomic E-state index is -3.35. The van der Waals surface area contributed by atoms with Crippen molar-refractivity contribution in [1.29, 1.82) is 0 Å². The summed E-state index contributed by atoms with van der Waals surface area (Å²) >= 11 is 0. The molecule has 5 nitrogen and oxygen atoms in total. The summed E-state index contributed by atoms with van der Waals surface area (Å²) < 4.78 is 30.1. The maximum Gasteiger partial charge on any atom is 0.265 e. The molecule has 1 atom stereocenters. The van der Waals surface area contributed by atoms with Crippen molar-refractivity contribution in [1.82, 2.24) is 0 Å². The number of sulfone groups is 1. The Hall–Kier alpha value is -1.56. The van der Waals surface area contributed by atoms with E-state index in [-0.39, 0.29) is 28.4 Å². The maximum atomic E-state index is 12.2. The highest BCUT2D eigenvalue weighted by Crippen LogP contribution is 2.33. The third-order valence-corrected chi connectivity index (χ3v) is 5.32. The lowest BCUT2D eigenvalue weighted by molar-refractivity contribution is -0.125. The molecule has 0 saturated heterocycles. The lowest BCUT2D eigenvalue weighted by Gasteiger charge is -2.28. The average molecular weight is 311 g/mol. The second-order valence-corrected chi connectivity index (χ2v) is 8.14. The molecule has 0 aromatic heterocycles. The first-order valence-electron chi connectivity index (χ1n) is 7.05. The standard InChI is InChI=1S/C15H21NO4S/c1-9(2)8-21(18,19)11-5-6-13-12(7-11)16-15(17)14(20-13)10(3)4/h5-7,9-10,14H,8H2,1-4H3,(H,16,17). The van der Waals surface area contributed by atoms with Crippen molar-refractivity contribution >= 4 is 21.4 Å². The highest BCUT2D eigenvalue weighted by molar-refractivity contribution is 7.91. The molecule has 0 aliphatic carbocycles. The van der Waals surface area contributed by atoms with Gasteiger partial charge in [0.05, 0.1) is 16.3 Å². The van der Waals surface area contributed by atoms with Crippen LogP contribution in [0.2, 0.25) is 0 Å². The monoisotopic (exact) mass is 311 g/mol. The van der Waals surface area contributed by atoms with Crippen LogP contribution in [0, 0.1) is 11.8 Å². The van der Waals surface area contributed by atoms with Crippen LogP contribution in [0.3, 0.4) is 0 Å². The quantitative estimate of drug-likeness (QED) is 0.927. The van der Waals surface area contributed by atoms with Gasteiger partial charge in [-0.3, -0.25) is 4.79 Å². The van der Waals surface area contributed by atoms with Gasteiger partial charge in [-0.15, -0.1) is 0 Å². The summed E-state index contributed by atoms with van der Waals surface area (Å²) in [6.45, 7) is 7.51. The molecule has 0 radical (unpaired) electrons. The number of fused-ring (bicyclic) bond motifs is 1. The Morgan fingerprint density at radius 1 is 1.24 bits per heavy atom. The molecule has 1 N–H and O–H groups in total. The minimum absolute atomic E-state index is 0.0437. The number of rotatable bonds is 4. The Morgan fingerprint density at radius 2 is 1.90 bits per heavy atom. The molecule has 1 amide bonds. The molecular weight excluding hydrogens is 290 g/mol. The summed E-state index contributed by atoms with van der Waals surface area (Å²) in [6.07, 6.45) is -0.546. The number of carbonyl (C=O) groups excluding carboxylic acids is 1. The Kier molecular flexibility index (Phi) is 4.27. The molecule has 116 valence electrons. The Bertz CT molecular complexity index is 650. The third-order valence-electron chi connectivity index (χ3n) is 3.24. The molecule has 0 saturated carbocycles. The van der Waals surface area contributed by atoms with E-state index >= 15 is 0 Å². The zero-order chi connectivity index (χ0) is 15.8. The van der Waals surface area contributed by atoms with Crippen LogP contribution in [-0.4, -0.2) is 26.2 Å². The number of nitrogens with one attached hydrogen (secondary N) is 1. The van der Waals surface area contributed by atoms with Crippen LogP contribution in [-0.2, 0) is 14.6 Å². The van der Waals surface area contributed by atoms with Crippen LogP contribution >= 0.6 is 0 Å². The van der Waals surface area contributed by atoms with E-state index in [2.05, 4.69) is 5.32 Å². The van der Waals surface area contributed by atoms with Gasteiger partial charge in [0.25, 0.3) is 5.91 Å². The zero-order valence-corrected chi connectivity index (χ0v) is 13.5. The van der Waals surface area contributed by atoms with Gasteiger partial charge in [-0.05, 0) is 30.0 Å². The van der Waals surface area contributed by atoms with Gasteiger partial charge in [0, 0.05) is 0 Å². The fraction of sp³-hybridized carbons (Fsp3) is 0.533. The molecule has 1 aliphatic heterocycles. The molecule has 0 spiro atoms. The Morgan fingerprint density at radius 3 is 2.48 bits per heavy atom. The zero-order valence-electron chi connectivity index (χ0n) is 12.7. The van der Waals surface area contributed by atoms with Crippen molar-refractivity contribution in [3.8, 4) is 5.75 Å². The summed E-state index contributed by atoms with van der Waals surface area (Å²) in [5, 5.41) is 2.73. The number of benzene rings is 1. The van der Waals surface area contributed by atoms with Crippen molar-refractivity contribution < 1.29 is 17.9 Å². The summed E-state index contributed by atoms with van der Waals surface area (Å²) in [5.74, 6) is 0.437. The fourth-order valence-electron chi connectivity index (χ4n) is 2.27. The molecule has 0 bridgehead atoms. The van der Waals surface area contributed by atoms with E-state index in [0.29, 0.717) is 11.4 Å². The average Bonchev–Trinajstić information content (AvgIpc) is 2.35. The topological polar surface area (TPSA) is 72.5 Å². The molecule has 1 heterocycles. The van der Waals surface area contributed by atoms with Gasteiger partial charge in [-0.2, -0.15) is 0 Å². The van der Waals surface area contributed by atoms with E-state index in [1.165, 1.54) is 12.1 Å². The van der Waals surface area contributed by atoms with Gasteiger partial charge in [0.2, 0.25) is 0 Å². The van der Waals surface area contributed by atoms with E-state index in [0.717, 1.165) is 0 Å². The fourth-order valence-corrected chi connectivity index (χ4v) is 3.91. The second kappa shape index (κ2) is 5.67. The summed E-state index contributed by atoms with van der Waals surface area (Å²) in [4.78, 5) is 12.2. The second-order valence-electron chi connectivity index (χ2n) is 6.10. The Labute approximate surface area is 125 Å². The number of hydrogen-bond acceptors (Lipinski definition) is 4. The van der Waals surface area contributed by atoms with Crippen molar-refractivity contribution in [3.05, 3.63) is 18.2 Å². The first-order chi connectivity index (χ1) is 9.70. The van der Waals surface area contributed by atoms with E-state index in [4.69, 9.17) is 4.74 Å². The van der Waals surface area contributed by atoms with Crippen molar-refractivity contribution in [2.24, 2.45) is 11.8 Å². The van der Waals surface area contributed by atoms with E-state index in [9.17, 15) is 13.2 Å². The Balaban J connectivity index is 2.34. The molecular formula is C15H21NO4S. The van der Waals surface area contributed by atoms with Crippen LogP contribution in [0.25, 0.3) is 0 Å². The van der Waals surface area contributed by atoms with E-state index in [1.54, 1.807) is 6.07 Å². The summed E-state index contributed by atoms with van der Waals surface area (Å²) in [6, 6.07) is 4.62. The van der Waals surface area contributed by atoms with Crippen LogP contribution in [0.15, 0.2) is 23.1 Å². The number of hydrogen-bond donors (Lipinski definition) is 1. The van der Waals surface area contributed by atoms with Crippen molar-refractivity contribution in [2.45, 2.75) is 38.7 Å². The smallest absolute Gasteiger partial charge is 0.265 e. The number of anilines is 1. The highest BCUT2D eigenvalue weighted by Gasteiger charge is 2.31. The van der Waals surface area contributed by atoms with Crippen LogP contribution in [0.4, 0.5) is 5.69 Å². The summed E-state index contributed by atoms with van der Waals surface area (Å²) in [7, 11) is -3.35. The molecule has 1 unspecified atom stereocenters. The lowest BCUT2D eigenvalue weighted by atomic mass is 10.0. The number of amides is 1. The van der Waals surface area contributed by atoms with Gasteiger partial charge in [-0.1, -0.05) is 27.7 Å². The number of carbonyl (C=O) groups is 1. The third kappa shape index (κ3) is 3.37. The molecule has 1 aromatic rings. The van der Waals surface area contributed by atoms with Gasteiger partial charge in [-0.25, -0.2) is 8.42 Å². The molecule has 21 heavy (non-hydrogen) atoms. The van der Waals surface area contributed by atoms with Gasteiger partial charge >= 0.3 is 0 Å². The first-order valence-corrected chi connectivity index (χ1v) is 8.70. The first kappa shape index (κ1) is 15.8. The van der Waals surface area contributed by atoms with E-state index < -0.39 is 15.9 Å². The van der Waals surface area contributed by atoms with Crippen LogP contribution < -0.4 is 10.1 Å². The molecule has 1 aliphatic rings. The van der Waals surface area contributed by atoms with Crippen LogP contribution in [0.1, 0.15) is 27.7 Å². The normalized spacial score (nSPS) is 18.4. The highest BCUT2D eigenvalue weighted by atomic mass is 32.2. The van der Waals surface area contributed by atoms with Crippen molar-refractivity contribution in [2.75, 3.05) is 11.1 Å². The largest absolute Gasteiger partial charge is 0.478 e. The predicted molar refractivity (Wildman–Crippen MR) is 81.2 cm³/mol. The SMILES string of the molecule is CC(C)CS(=O)(=O)c1ccc2c(c1)NC(=O)C(C(C)C)O2. The maximum absolute atomic E-state index is 12.2. The van der Waals surface area contributed by atoms with Gasteiger partial charge in [0.15, 0.2) is 15.9 Å². The lowest BCUT2D eigenvalue weighted by Crippen LogP contribution is -2.40. The van der Waals surface area contributed by atoms with Gasteiger partial charge in [0.1, 0.15) is 5.75 Å². The van der Waals surface area contributed by atoms with E-state index in [1.807, 2.05) is 27.7 Å². The summed E-state index contributed by atoms with van der Waals surface area (Å²) in [5.41, 5.74) is 0.418. The van der Waals surface area contributed by atoms with Crippen LogP contribution in [0.5, 0.6) is 5.75 Å². The number of ether oxygens (including phenoxy) is 1. The molecule has 2 rings (SSSR count). The predicted octanol–water partition coefficient (Wildman–Crippen LogP) is 2.47. The van der Waals surface area contributed by atoms with Crippen molar-refractivity contribution in [3.63, 3.8) is 0 Å².